The van der Waals surface area contributed by atoms with Crippen molar-refractivity contribution in [3.05, 3.63) is 24.3 Å². The van der Waals surface area contributed by atoms with Crippen LogP contribution in [-0.2, 0) is 9.59 Å². The van der Waals surface area contributed by atoms with Crippen molar-refractivity contribution in [1.82, 2.24) is 9.80 Å². The van der Waals surface area contributed by atoms with E-state index in [0.717, 1.165) is 28.3 Å². The Morgan fingerprint density at radius 1 is 1.26 bits per heavy atom. The minimum absolute atomic E-state index is 0.0550. The van der Waals surface area contributed by atoms with Gasteiger partial charge in [0.05, 0.1) is 5.69 Å². The van der Waals surface area contributed by atoms with Gasteiger partial charge in [-0.2, -0.15) is 0 Å². The van der Waals surface area contributed by atoms with Gasteiger partial charge in [0.1, 0.15) is 6.54 Å². The molecule has 0 aromatic heterocycles. The Labute approximate surface area is 164 Å². The summed E-state index contributed by atoms with van der Waals surface area (Å²) in [7, 11) is 0. The molecule has 0 bridgehead atoms. The van der Waals surface area contributed by atoms with Crippen LogP contribution in [0.4, 0.5) is 10.5 Å². The number of hydrogen-bond donors (Lipinski definition) is 0. The number of carbonyl (C=O) groups excluding carboxylic acids is 3. The molecule has 4 amide bonds. The van der Waals surface area contributed by atoms with Crippen LogP contribution >= 0.6 is 11.8 Å². The van der Waals surface area contributed by atoms with Crippen molar-refractivity contribution in [2.24, 2.45) is 0 Å². The number of carbonyl (C=O) groups is 3. The molecule has 0 radical (unpaired) electrons. The molecule has 146 valence electrons. The van der Waals surface area contributed by atoms with Crippen LogP contribution in [0.2, 0.25) is 0 Å². The summed E-state index contributed by atoms with van der Waals surface area (Å²) in [4.78, 5) is 43.8. The van der Waals surface area contributed by atoms with Crippen LogP contribution in [0, 0.1) is 0 Å². The average Bonchev–Trinajstić information content (AvgIpc) is 2.82. The molecule has 1 aromatic rings. The second kappa shape index (κ2) is 8.33. The van der Waals surface area contributed by atoms with Gasteiger partial charge in [0, 0.05) is 35.7 Å². The zero-order chi connectivity index (χ0) is 19.6. The molecule has 3 rings (SSSR count). The lowest BCUT2D eigenvalue weighted by atomic mass is 10.1. The van der Waals surface area contributed by atoms with Gasteiger partial charge in [-0.3, -0.25) is 14.5 Å². The van der Waals surface area contributed by atoms with Crippen LogP contribution in [0.1, 0.15) is 40.0 Å². The molecule has 2 aliphatic heterocycles. The fraction of sp³-hybridized carbons (Fsp3) is 0.550. The standard InChI is InChI=1S/C20H27N3O3S/c1-4-14(2)21-12-10-18(24)23(20(21)26)13-19(25)22-11-9-15(3)27-17-8-6-5-7-16(17)22/h5-8,14-15H,4,9-13H2,1-3H3/t14-,15+/m1/s1. The van der Waals surface area contributed by atoms with Crippen molar-refractivity contribution >= 4 is 35.3 Å². The number of hydrogen-bond acceptors (Lipinski definition) is 4. The molecule has 1 aromatic carbocycles. The Hall–Kier alpha value is -2.02. The van der Waals surface area contributed by atoms with Gasteiger partial charge in [-0.05, 0) is 31.9 Å². The molecule has 2 heterocycles. The van der Waals surface area contributed by atoms with E-state index in [4.69, 9.17) is 0 Å². The number of amides is 4. The molecular formula is C20H27N3O3S. The summed E-state index contributed by atoms with van der Waals surface area (Å²) >= 11 is 1.76. The average molecular weight is 390 g/mol. The number of fused-ring (bicyclic) bond motifs is 1. The van der Waals surface area contributed by atoms with Crippen molar-refractivity contribution in [3.8, 4) is 0 Å². The maximum absolute atomic E-state index is 13.1. The highest BCUT2D eigenvalue weighted by Crippen LogP contribution is 2.37. The summed E-state index contributed by atoms with van der Waals surface area (Å²) in [5.74, 6) is -0.469. The third kappa shape index (κ3) is 4.13. The van der Waals surface area contributed by atoms with Gasteiger partial charge >= 0.3 is 6.03 Å². The van der Waals surface area contributed by atoms with Crippen LogP contribution in [0.25, 0.3) is 0 Å². The molecule has 6 nitrogen and oxygen atoms in total. The summed E-state index contributed by atoms with van der Waals surface area (Å²) in [6.07, 6.45) is 1.95. The molecule has 0 saturated carbocycles. The molecule has 1 saturated heterocycles. The van der Waals surface area contributed by atoms with E-state index in [-0.39, 0.29) is 36.9 Å². The zero-order valence-corrected chi connectivity index (χ0v) is 17.0. The molecular weight excluding hydrogens is 362 g/mol. The van der Waals surface area contributed by atoms with Crippen molar-refractivity contribution in [2.45, 2.75) is 56.2 Å². The Kier molecular flexibility index (Phi) is 6.09. The number of nitrogens with zero attached hydrogens (tertiary/aromatic N) is 3. The lowest BCUT2D eigenvalue weighted by Gasteiger charge is -2.37. The maximum Gasteiger partial charge on any atom is 0.327 e. The number of rotatable bonds is 4. The molecule has 27 heavy (non-hydrogen) atoms. The third-order valence-electron chi connectivity index (χ3n) is 5.30. The number of anilines is 1. The van der Waals surface area contributed by atoms with Crippen molar-refractivity contribution in [1.29, 1.82) is 0 Å². The zero-order valence-electron chi connectivity index (χ0n) is 16.2. The first-order chi connectivity index (χ1) is 12.9. The van der Waals surface area contributed by atoms with E-state index in [9.17, 15) is 14.4 Å². The van der Waals surface area contributed by atoms with Crippen molar-refractivity contribution in [2.75, 3.05) is 24.5 Å². The summed E-state index contributed by atoms with van der Waals surface area (Å²) in [6, 6.07) is 7.54. The lowest BCUT2D eigenvalue weighted by molar-refractivity contribution is -0.135. The van der Waals surface area contributed by atoms with E-state index in [1.165, 1.54) is 0 Å². The largest absolute Gasteiger partial charge is 0.327 e. The van der Waals surface area contributed by atoms with E-state index in [1.54, 1.807) is 21.6 Å². The molecule has 2 atom stereocenters. The molecule has 2 aliphatic rings. The topological polar surface area (TPSA) is 60.9 Å². The van der Waals surface area contributed by atoms with Crippen LogP contribution < -0.4 is 4.90 Å². The first-order valence-corrected chi connectivity index (χ1v) is 10.5. The van der Waals surface area contributed by atoms with Gasteiger partial charge in [-0.1, -0.05) is 26.0 Å². The molecule has 7 heteroatoms. The highest BCUT2D eigenvalue weighted by atomic mass is 32.2. The minimum atomic E-state index is -0.347. The van der Waals surface area contributed by atoms with Gasteiger partial charge in [-0.25, -0.2) is 4.79 Å². The minimum Gasteiger partial charge on any atom is -0.321 e. The molecule has 0 unspecified atom stereocenters. The predicted octanol–water partition coefficient (Wildman–Crippen LogP) is 3.36. The fourth-order valence-corrected chi connectivity index (χ4v) is 4.57. The van der Waals surface area contributed by atoms with Crippen LogP contribution in [0.15, 0.2) is 29.2 Å². The van der Waals surface area contributed by atoms with E-state index in [2.05, 4.69) is 6.92 Å². The Morgan fingerprint density at radius 2 is 2.00 bits per heavy atom. The van der Waals surface area contributed by atoms with E-state index < -0.39 is 0 Å². The summed E-state index contributed by atoms with van der Waals surface area (Å²) in [5.41, 5.74) is 0.868. The molecule has 1 fully saturated rings. The van der Waals surface area contributed by atoms with Gasteiger partial charge < -0.3 is 9.80 Å². The van der Waals surface area contributed by atoms with E-state index in [0.29, 0.717) is 18.3 Å². The number of imide groups is 1. The Bertz CT molecular complexity index is 739. The van der Waals surface area contributed by atoms with Crippen molar-refractivity contribution < 1.29 is 14.4 Å². The normalized spacial score (nSPS) is 21.7. The van der Waals surface area contributed by atoms with Crippen molar-refractivity contribution in [3.63, 3.8) is 0 Å². The van der Waals surface area contributed by atoms with Gasteiger partial charge in [0.2, 0.25) is 11.8 Å². The number of para-hydroxylation sites is 1. The Morgan fingerprint density at radius 3 is 2.74 bits per heavy atom. The fourth-order valence-electron chi connectivity index (χ4n) is 3.46. The molecule has 0 N–H and O–H groups in total. The van der Waals surface area contributed by atoms with Gasteiger partial charge in [-0.15, -0.1) is 11.8 Å². The summed E-state index contributed by atoms with van der Waals surface area (Å²) in [5, 5.41) is 0.406. The highest BCUT2D eigenvalue weighted by Gasteiger charge is 2.36. The second-order valence-electron chi connectivity index (χ2n) is 7.19. The molecule has 0 spiro atoms. The van der Waals surface area contributed by atoms with Gasteiger partial charge in [0.15, 0.2) is 0 Å². The first-order valence-electron chi connectivity index (χ1n) is 9.59. The number of urea groups is 1. The lowest BCUT2D eigenvalue weighted by Crippen LogP contribution is -2.57. The predicted molar refractivity (Wildman–Crippen MR) is 107 cm³/mol. The third-order valence-corrected chi connectivity index (χ3v) is 6.54. The number of thioether (sulfide) groups is 1. The van der Waals surface area contributed by atoms with Crippen LogP contribution in [0.5, 0.6) is 0 Å². The number of benzene rings is 1. The van der Waals surface area contributed by atoms with E-state index >= 15 is 0 Å². The maximum atomic E-state index is 13.1. The smallest absolute Gasteiger partial charge is 0.321 e. The summed E-state index contributed by atoms with van der Waals surface area (Å²) < 4.78 is 0. The van der Waals surface area contributed by atoms with Gasteiger partial charge in [0.25, 0.3) is 0 Å². The SMILES string of the molecule is CC[C@@H](C)N1CCC(=O)N(CC(=O)N2CC[C@H](C)Sc3ccccc32)C1=O. The molecule has 0 aliphatic carbocycles. The summed E-state index contributed by atoms with van der Waals surface area (Å²) in [6.45, 7) is 6.96. The first kappa shape index (κ1) is 19.7. The quantitative estimate of drug-likeness (QED) is 0.792. The van der Waals surface area contributed by atoms with Crippen LogP contribution in [-0.4, -0.2) is 58.6 Å². The second-order valence-corrected chi connectivity index (χ2v) is 8.67. The monoisotopic (exact) mass is 389 g/mol. The Balaban J connectivity index is 1.80. The van der Waals surface area contributed by atoms with Crippen LogP contribution in [0.3, 0.4) is 0 Å². The van der Waals surface area contributed by atoms with E-state index in [1.807, 2.05) is 38.1 Å². The highest BCUT2D eigenvalue weighted by molar-refractivity contribution is 8.00.